The van der Waals surface area contributed by atoms with E-state index < -0.39 is 21.7 Å². The molecule has 3 aromatic rings. The van der Waals surface area contributed by atoms with Gasteiger partial charge in [0.1, 0.15) is 10.7 Å². The highest BCUT2D eigenvalue weighted by Crippen LogP contribution is 2.28. The number of nitrogens with one attached hydrogen (secondary N) is 1. The molecule has 2 aliphatic rings. The van der Waals surface area contributed by atoms with Crippen LogP contribution < -0.4 is 5.32 Å². The third kappa shape index (κ3) is 4.52. The number of nitrogens with zero attached hydrogens (tertiary/aromatic N) is 3. The molecule has 0 radical (unpaired) electrons. The quantitative estimate of drug-likeness (QED) is 0.606. The van der Waals surface area contributed by atoms with E-state index in [1.807, 2.05) is 4.90 Å². The lowest BCUT2D eigenvalue weighted by atomic mass is 10.1. The van der Waals surface area contributed by atoms with Gasteiger partial charge in [0.15, 0.2) is 5.84 Å². The fourth-order valence-corrected chi connectivity index (χ4v) is 5.38. The third-order valence-corrected chi connectivity index (χ3v) is 7.28. The summed E-state index contributed by atoms with van der Waals surface area (Å²) < 4.78 is 41.8. The Bertz CT molecular complexity index is 1450. The molecule has 0 saturated carbocycles. The van der Waals surface area contributed by atoms with Crippen LogP contribution in [0.15, 0.2) is 82.1 Å². The van der Waals surface area contributed by atoms with Gasteiger partial charge in [0.05, 0.1) is 0 Å². The normalized spacial score (nSPS) is 16.4. The second-order valence-corrected chi connectivity index (χ2v) is 9.78. The van der Waals surface area contributed by atoms with E-state index in [0.29, 0.717) is 54.4 Å². The van der Waals surface area contributed by atoms with Crippen molar-refractivity contribution < 1.29 is 22.4 Å². The Morgan fingerprint density at radius 2 is 1.57 bits per heavy atom. The summed E-state index contributed by atoms with van der Waals surface area (Å²) in [5, 5.41) is 2.72. The van der Waals surface area contributed by atoms with E-state index >= 15 is 0 Å². The number of hydrogen-bond donors (Lipinski definition) is 1. The van der Waals surface area contributed by atoms with Crippen molar-refractivity contribution in [1.29, 1.82) is 0 Å². The van der Waals surface area contributed by atoms with Gasteiger partial charge < -0.3 is 15.1 Å². The Labute approximate surface area is 201 Å². The molecular formula is C25H21FN4O4S. The van der Waals surface area contributed by atoms with Crippen molar-refractivity contribution in [2.24, 2.45) is 4.40 Å². The highest BCUT2D eigenvalue weighted by Gasteiger charge is 2.33. The molecule has 178 valence electrons. The predicted octanol–water partition coefficient (Wildman–Crippen LogP) is 2.98. The van der Waals surface area contributed by atoms with Crippen molar-refractivity contribution in [2.45, 2.75) is 4.90 Å². The number of amides is 2. The van der Waals surface area contributed by atoms with Gasteiger partial charge >= 0.3 is 0 Å². The molecule has 0 bridgehead atoms. The average molecular weight is 493 g/mol. The van der Waals surface area contributed by atoms with Crippen LogP contribution in [0.2, 0.25) is 0 Å². The first-order valence-corrected chi connectivity index (χ1v) is 12.4. The zero-order valence-electron chi connectivity index (χ0n) is 18.5. The van der Waals surface area contributed by atoms with Crippen LogP contribution in [0.4, 0.5) is 10.1 Å². The van der Waals surface area contributed by atoms with Gasteiger partial charge in [-0.25, -0.2) is 4.39 Å². The summed E-state index contributed by atoms with van der Waals surface area (Å²) in [5.74, 6) is -0.613. The van der Waals surface area contributed by atoms with Crippen molar-refractivity contribution in [3.05, 3.63) is 95.3 Å². The van der Waals surface area contributed by atoms with Crippen molar-refractivity contribution in [3.63, 3.8) is 0 Å². The number of sulfonamides is 1. The van der Waals surface area contributed by atoms with E-state index in [1.165, 1.54) is 24.3 Å². The summed E-state index contributed by atoms with van der Waals surface area (Å²) in [6.07, 6.45) is 0. The first-order valence-electron chi connectivity index (χ1n) is 11.0. The van der Waals surface area contributed by atoms with Gasteiger partial charge in [0, 0.05) is 48.6 Å². The van der Waals surface area contributed by atoms with Crippen LogP contribution in [0.25, 0.3) is 0 Å². The average Bonchev–Trinajstić information content (AvgIpc) is 3.15. The SMILES string of the molecule is O=C(Nc1cccc(C(=O)N2CCN(C3=NS(=O)(=O)c4ccccc43)CC2)c1)c1ccc(F)cc1. The summed E-state index contributed by atoms with van der Waals surface area (Å²) in [6.45, 7) is 1.67. The fraction of sp³-hybridized carbons (Fsp3) is 0.160. The van der Waals surface area contributed by atoms with Gasteiger partial charge in [0.2, 0.25) is 0 Å². The number of amidine groups is 1. The van der Waals surface area contributed by atoms with Crippen LogP contribution >= 0.6 is 0 Å². The molecule has 0 unspecified atom stereocenters. The monoisotopic (exact) mass is 492 g/mol. The molecule has 0 aromatic heterocycles. The number of carbonyl (C=O) groups is 2. The molecule has 2 heterocycles. The Kier molecular flexibility index (Phi) is 5.81. The van der Waals surface area contributed by atoms with Gasteiger partial charge in [-0.15, -0.1) is 4.40 Å². The van der Waals surface area contributed by atoms with Crippen molar-refractivity contribution in [2.75, 3.05) is 31.5 Å². The maximum atomic E-state index is 13.1. The number of fused-ring (bicyclic) bond motifs is 1. The number of halogens is 1. The number of anilines is 1. The zero-order chi connectivity index (χ0) is 24.6. The molecule has 2 aliphatic heterocycles. The van der Waals surface area contributed by atoms with Crippen LogP contribution in [-0.2, 0) is 10.0 Å². The molecule has 35 heavy (non-hydrogen) atoms. The number of benzene rings is 3. The lowest BCUT2D eigenvalue weighted by Gasteiger charge is -2.35. The summed E-state index contributed by atoms with van der Waals surface area (Å²) in [4.78, 5) is 29.3. The van der Waals surface area contributed by atoms with Gasteiger partial charge in [-0.1, -0.05) is 18.2 Å². The number of piperazine rings is 1. The lowest BCUT2D eigenvalue weighted by Crippen LogP contribution is -2.50. The van der Waals surface area contributed by atoms with Crippen molar-refractivity contribution in [3.8, 4) is 0 Å². The first kappa shape index (κ1) is 22.7. The zero-order valence-corrected chi connectivity index (χ0v) is 19.3. The van der Waals surface area contributed by atoms with Gasteiger partial charge in [0.25, 0.3) is 21.8 Å². The number of hydrogen-bond acceptors (Lipinski definition) is 5. The van der Waals surface area contributed by atoms with Crippen LogP contribution in [0, 0.1) is 5.82 Å². The van der Waals surface area contributed by atoms with Crippen LogP contribution in [0.5, 0.6) is 0 Å². The van der Waals surface area contributed by atoms with Crippen molar-refractivity contribution >= 4 is 33.4 Å². The number of carbonyl (C=O) groups excluding carboxylic acids is 2. The molecule has 1 saturated heterocycles. The van der Waals surface area contributed by atoms with E-state index in [9.17, 15) is 22.4 Å². The van der Waals surface area contributed by atoms with E-state index in [2.05, 4.69) is 9.71 Å². The first-order chi connectivity index (χ1) is 16.8. The Morgan fingerprint density at radius 3 is 2.31 bits per heavy atom. The van der Waals surface area contributed by atoms with E-state index in [-0.39, 0.29) is 10.8 Å². The Balaban J connectivity index is 1.25. The highest BCUT2D eigenvalue weighted by molar-refractivity contribution is 7.90. The highest BCUT2D eigenvalue weighted by atomic mass is 32.2. The molecule has 10 heteroatoms. The van der Waals surface area contributed by atoms with Gasteiger partial charge in [-0.3, -0.25) is 9.59 Å². The van der Waals surface area contributed by atoms with Gasteiger partial charge in [-0.05, 0) is 54.6 Å². The molecule has 0 aliphatic carbocycles. The summed E-state index contributed by atoms with van der Waals surface area (Å²) in [6, 6.07) is 18.5. The second-order valence-electron chi connectivity index (χ2n) is 8.21. The topological polar surface area (TPSA) is 99.2 Å². The van der Waals surface area contributed by atoms with Crippen LogP contribution in [-0.4, -0.2) is 62.0 Å². The minimum absolute atomic E-state index is 0.191. The largest absolute Gasteiger partial charge is 0.352 e. The van der Waals surface area contributed by atoms with Crippen LogP contribution in [0.3, 0.4) is 0 Å². The van der Waals surface area contributed by atoms with Crippen LogP contribution in [0.1, 0.15) is 26.3 Å². The summed E-state index contributed by atoms with van der Waals surface area (Å²) in [5.41, 5.74) is 1.75. The second kappa shape index (κ2) is 8.95. The summed E-state index contributed by atoms with van der Waals surface area (Å²) in [7, 11) is -3.70. The molecule has 5 rings (SSSR count). The Hall–Kier alpha value is -4.05. The third-order valence-electron chi connectivity index (χ3n) is 5.95. The molecule has 3 aromatic carbocycles. The molecule has 8 nitrogen and oxygen atoms in total. The smallest absolute Gasteiger partial charge is 0.285 e. The van der Waals surface area contributed by atoms with E-state index in [0.717, 1.165) is 0 Å². The fourth-order valence-electron chi connectivity index (χ4n) is 4.15. The molecule has 2 amide bonds. The minimum Gasteiger partial charge on any atom is -0.352 e. The Morgan fingerprint density at radius 1 is 0.857 bits per heavy atom. The maximum absolute atomic E-state index is 13.1. The lowest BCUT2D eigenvalue weighted by molar-refractivity contribution is 0.0692. The predicted molar refractivity (Wildman–Crippen MR) is 128 cm³/mol. The maximum Gasteiger partial charge on any atom is 0.285 e. The standard InChI is InChI=1S/C25H21FN4O4S/c26-19-10-8-17(9-11-19)24(31)27-20-5-3-4-18(16-20)25(32)30-14-12-29(13-15-30)23-21-6-1-2-7-22(21)35(33,34)28-23/h1-11,16H,12-15H2,(H,27,31). The molecular weight excluding hydrogens is 471 g/mol. The molecule has 1 fully saturated rings. The minimum atomic E-state index is -3.70. The van der Waals surface area contributed by atoms with E-state index in [1.54, 1.807) is 53.4 Å². The van der Waals surface area contributed by atoms with E-state index in [4.69, 9.17) is 0 Å². The molecule has 0 spiro atoms. The summed E-state index contributed by atoms with van der Waals surface area (Å²) >= 11 is 0. The number of rotatable bonds is 3. The van der Waals surface area contributed by atoms with Crippen molar-refractivity contribution in [1.82, 2.24) is 9.80 Å². The van der Waals surface area contributed by atoms with Gasteiger partial charge in [-0.2, -0.15) is 8.42 Å². The molecule has 0 atom stereocenters. The molecule has 1 N–H and O–H groups in total.